The van der Waals surface area contributed by atoms with E-state index in [1.54, 1.807) is 30.5 Å². The molecule has 3 rings (SSSR count). The fourth-order valence-electron chi connectivity index (χ4n) is 2.86. The van der Waals surface area contributed by atoms with E-state index in [4.69, 9.17) is 4.74 Å². The van der Waals surface area contributed by atoms with Gasteiger partial charge in [0.2, 0.25) is 21.8 Å². The number of pyridine rings is 1. The molecule has 7 nitrogen and oxygen atoms in total. The highest BCUT2D eigenvalue weighted by molar-refractivity contribution is 7.88. The Morgan fingerprint density at radius 3 is 2.73 bits per heavy atom. The number of benzene rings is 1. The van der Waals surface area contributed by atoms with Crippen LogP contribution in [0.4, 0.5) is 5.69 Å². The van der Waals surface area contributed by atoms with Crippen molar-refractivity contribution in [3.8, 4) is 11.6 Å². The minimum absolute atomic E-state index is 0.194. The topological polar surface area (TPSA) is 88.6 Å². The lowest BCUT2D eigenvalue weighted by Crippen LogP contribution is -2.43. The number of sulfonamides is 1. The number of piperidine rings is 1. The summed E-state index contributed by atoms with van der Waals surface area (Å²) in [6.45, 7) is 0.650. The van der Waals surface area contributed by atoms with Gasteiger partial charge in [-0.2, -0.15) is 0 Å². The van der Waals surface area contributed by atoms with Crippen molar-refractivity contribution in [2.45, 2.75) is 12.8 Å². The molecule has 1 fully saturated rings. The van der Waals surface area contributed by atoms with Gasteiger partial charge in [0.15, 0.2) is 0 Å². The fraction of sp³-hybridized carbons (Fsp3) is 0.333. The summed E-state index contributed by atoms with van der Waals surface area (Å²) in [6.07, 6.45) is 4.05. The van der Waals surface area contributed by atoms with E-state index in [-0.39, 0.29) is 12.5 Å². The number of hydrogen-bond donors (Lipinski definition) is 1. The molecule has 0 bridgehead atoms. The van der Waals surface area contributed by atoms with Crippen molar-refractivity contribution in [1.29, 1.82) is 0 Å². The van der Waals surface area contributed by atoms with Gasteiger partial charge in [0.1, 0.15) is 11.4 Å². The summed E-state index contributed by atoms with van der Waals surface area (Å²) in [6, 6.07) is 12.6. The summed E-state index contributed by atoms with van der Waals surface area (Å²) in [7, 11) is -3.30. The molecule has 0 spiro atoms. The molecule has 1 aromatic carbocycles. The zero-order valence-electron chi connectivity index (χ0n) is 14.5. The lowest BCUT2D eigenvalue weighted by atomic mass is 9.99. The molecule has 1 aliphatic rings. The highest BCUT2D eigenvalue weighted by atomic mass is 32.2. The number of ether oxygens (including phenoxy) is 1. The van der Waals surface area contributed by atoms with E-state index in [1.807, 2.05) is 18.2 Å². The van der Waals surface area contributed by atoms with Crippen LogP contribution in [0.5, 0.6) is 11.6 Å². The molecular formula is C18H21N3O4S. The number of rotatable bonds is 5. The van der Waals surface area contributed by atoms with Crippen molar-refractivity contribution in [3.05, 3.63) is 48.7 Å². The lowest BCUT2D eigenvalue weighted by Gasteiger charge is -2.30. The molecule has 8 heteroatoms. The van der Waals surface area contributed by atoms with E-state index in [1.165, 1.54) is 10.6 Å². The Labute approximate surface area is 153 Å². The Kier molecular flexibility index (Phi) is 5.53. The quantitative estimate of drug-likeness (QED) is 0.867. The standard InChI is InChI=1S/C18H21N3O4S/c1-26(23,24)21-12-6-7-14(13-21)17(22)20-16-10-5-11-19-18(16)25-15-8-3-2-4-9-15/h2-5,8-11,14H,6-7,12-13H2,1H3,(H,20,22)/t14-/m1/s1. The second kappa shape index (κ2) is 7.84. The van der Waals surface area contributed by atoms with Crippen molar-refractivity contribution in [2.75, 3.05) is 24.7 Å². The van der Waals surface area contributed by atoms with Gasteiger partial charge in [0.05, 0.1) is 12.2 Å². The summed E-state index contributed by atoms with van der Waals surface area (Å²) >= 11 is 0. The second-order valence-electron chi connectivity index (χ2n) is 6.22. The predicted octanol–water partition coefficient (Wildman–Crippen LogP) is 2.48. The average molecular weight is 375 g/mol. The molecule has 2 aromatic rings. The molecule has 1 amide bonds. The largest absolute Gasteiger partial charge is 0.437 e. The van der Waals surface area contributed by atoms with Gasteiger partial charge in [-0.25, -0.2) is 17.7 Å². The molecule has 1 aliphatic heterocycles. The van der Waals surface area contributed by atoms with Gasteiger partial charge in [-0.05, 0) is 37.1 Å². The predicted molar refractivity (Wildman–Crippen MR) is 98.5 cm³/mol. The number of nitrogens with one attached hydrogen (secondary N) is 1. The molecule has 2 heterocycles. The molecule has 26 heavy (non-hydrogen) atoms. The fourth-order valence-corrected chi connectivity index (χ4v) is 3.77. The molecule has 0 saturated carbocycles. The molecule has 138 valence electrons. The van der Waals surface area contributed by atoms with E-state index in [2.05, 4.69) is 10.3 Å². The van der Waals surface area contributed by atoms with E-state index in [9.17, 15) is 13.2 Å². The SMILES string of the molecule is CS(=O)(=O)N1CCC[C@@H](C(=O)Nc2cccnc2Oc2ccccc2)C1. The van der Waals surface area contributed by atoms with Crippen LogP contribution in [0.3, 0.4) is 0 Å². The van der Waals surface area contributed by atoms with Crippen LogP contribution in [0.1, 0.15) is 12.8 Å². The summed E-state index contributed by atoms with van der Waals surface area (Å²) in [5, 5.41) is 2.82. The molecule has 1 atom stereocenters. The normalized spacial score (nSPS) is 18.3. The number of carbonyl (C=O) groups excluding carboxylic acids is 1. The van der Waals surface area contributed by atoms with Gasteiger partial charge in [-0.3, -0.25) is 4.79 Å². The van der Waals surface area contributed by atoms with Gasteiger partial charge in [0.25, 0.3) is 0 Å². The van der Waals surface area contributed by atoms with Gasteiger partial charge in [0, 0.05) is 19.3 Å². The van der Waals surface area contributed by atoms with Crippen molar-refractivity contribution >= 4 is 21.6 Å². The van der Waals surface area contributed by atoms with Crippen molar-refractivity contribution in [1.82, 2.24) is 9.29 Å². The first-order valence-corrected chi connectivity index (χ1v) is 10.2. The zero-order chi connectivity index (χ0) is 18.6. The number of aromatic nitrogens is 1. The van der Waals surface area contributed by atoms with E-state index < -0.39 is 15.9 Å². The minimum atomic E-state index is -3.30. The first-order chi connectivity index (χ1) is 12.4. The van der Waals surface area contributed by atoms with Gasteiger partial charge >= 0.3 is 0 Å². The van der Waals surface area contributed by atoms with E-state index in [0.717, 1.165) is 0 Å². The Bertz CT molecular complexity index is 871. The van der Waals surface area contributed by atoms with Crippen molar-refractivity contribution in [2.24, 2.45) is 5.92 Å². The van der Waals surface area contributed by atoms with Crippen LogP contribution in [-0.4, -0.2) is 43.0 Å². The van der Waals surface area contributed by atoms with Crippen LogP contribution in [0.2, 0.25) is 0 Å². The molecule has 1 aromatic heterocycles. The third-order valence-corrected chi connectivity index (χ3v) is 5.48. The summed E-state index contributed by atoms with van der Waals surface area (Å²) in [5.74, 6) is 0.276. The third kappa shape index (κ3) is 4.59. The first kappa shape index (κ1) is 18.3. The molecular weight excluding hydrogens is 354 g/mol. The van der Waals surface area contributed by atoms with Crippen molar-refractivity contribution in [3.63, 3.8) is 0 Å². The van der Waals surface area contributed by atoms with Crippen LogP contribution in [0, 0.1) is 5.92 Å². The summed E-state index contributed by atoms with van der Waals surface area (Å²) in [4.78, 5) is 16.8. The Morgan fingerprint density at radius 2 is 2.00 bits per heavy atom. The summed E-state index contributed by atoms with van der Waals surface area (Å²) in [5.41, 5.74) is 0.456. The van der Waals surface area contributed by atoms with Gasteiger partial charge < -0.3 is 10.1 Å². The molecule has 0 aliphatic carbocycles. The van der Waals surface area contributed by atoms with Crippen LogP contribution >= 0.6 is 0 Å². The maximum Gasteiger partial charge on any atom is 0.243 e. The lowest BCUT2D eigenvalue weighted by molar-refractivity contribution is -0.120. The van der Waals surface area contributed by atoms with E-state index in [0.29, 0.717) is 36.7 Å². The van der Waals surface area contributed by atoms with Crippen LogP contribution in [-0.2, 0) is 14.8 Å². The van der Waals surface area contributed by atoms with Crippen LogP contribution in [0.15, 0.2) is 48.7 Å². The zero-order valence-corrected chi connectivity index (χ0v) is 15.3. The third-order valence-electron chi connectivity index (χ3n) is 4.21. The number of anilines is 1. The summed E-state index contributed by atoms with van der Waals surface area (Å²) < 4.78 is 30.6. The minimum Gasteiger partial charge on any atom is -0.437 e. The molecule has 1 saturated heterocycles. The highest BCUT2D eigenvalue weighted by Crippen LogP contribution is 2.28. The molecule has 0 radical (unpaired) electrons. The monoisotopic (exact) mass is 375 g/mol. The molecule has 1 N–H and O–H groups in total. The maximum absolute atomic E-state index is 12.6. The number of carbonyl (C=O) groups is 1. The van der Waals surface area contributed by atoms with Gasteiger partial charge in [-0.1, -0.05) is 18.2 Å². The Hall–Kier alpha value is -2.45. The Morgan fingerprint density at radius 1 is 1.23 bits per heavy atom. The number of para-hydroxylation sites is 1. The van der Waals surface area contributed by atoms with E-state index >= 15 is 0 Å². The first-order valence-electron chi connectivity index (χ1n) is 8.37. The maximum atomic E-state index is 12.6. The van der Waals surface area contributed by atoms with Crippen molar-refractivity contribution < 1.29 is 17.9 Å². The second-order valence-corrected chi connectivity index (χ2v) is 8.20. The average Bonchev–Trinajstić information content (AvgIpc) is 2.63. The van der Waals surface area contributed by atoms with Crippen LogP contribution < -0.4 is 10.1 Å². The number of amides is 1. The highest BCUT2D eigenvalue weighted by Gasteiger charge is 2.30. The van der Waals surface area contributed by atoms with Gasteiger partial charge in [-0.15, -0.1) is 0 Å². The number of hydrogen-bond acceptors (Lipinski definition) is 5. The smallest absolute Gasteiger partial charge is 0.243 e. The Balaban J connectivity index is 1.71. The molecule has 0 unspecified atom stereocenters. The number of nitrogens with zero attached hydrogens (tertiary/aromatic N) is 2. The van der Waals surface area contributed by atoms with Crippen LogP contribution in [0.25, 0.3) is 0 Å².